The first-order valence-electron chi connectivity index (χ1n) is 5.08. The second kappa shape index (κ2) is 4.32. The van der Waals surface area contributed by atoms with Crippen molar-refractivity contribution in [1.82, 2.24) is 19.3 Å². The number of carbonyl (C=O) groups is 1. The van der Waals surface area contributed by atoms with Crippen molar-refractivity contribution in [3.8, 4) is 0 Å². The second-order valence-electron chi connectivity index (χ2n) is 3.72. The smallest absolute Gasteiger partial charge is 0.307 e. The van der Waals surface area contributed by atoms with Crippen molar-refractivity contribution < 1.29 is 4.79 Å². The van der Waals surface area contributed by atoms with E-state index in [1.54, 1.807) is 6.07 Å². The molecule has 0 spiro atoms. The maximum absolute atomic E-state index is 11.9. The normalized spacial score (nSPS) is 10.3. The number of amides is 1. The van der Waals surface area contributed by atoms with Crippen molar-refractivity contribution in [3.05, 3.63) is 44.9 Å². The summed E-state index contributed by atoms with van der Waals surface area (Å²) in [5, 5.41) is 8.67. The van der Waals surface area contributed by atoms with Crippen LogP contribution in [-0.2, 0) is 14.1 Å². The number of nitrogens with one attached hydrogen (secondary N) is 2. The Labute approximate surface area is 101 Å². The Balaban J connectivity index is 2.43. The van der Waals surface area contributed by atoms with Gasteiger partial charge in [-0.05, 0) is 0 Å². The summed E-state index contributed by atoms with van der Waals surface area (Å²) < 4.78 is 2.05. The quantitative estimate of drug-likeness (QED) is 0.717. The first kappa shape index (κ1) is 11.8. The maximum atomic E-state index is 11.9. The van der Waals surface area contributed by atoms with Gasteiger partial charge in [-0.3, -0.25) is 19.3 Å². The lowest BCUT2D eigenvalue weighted by Crippen LogP contribution is -2.40. The summed E-state index contributed by atoms with van der Waals surface area (Å²) in [6.45, 7) is 0. The third-order valence-electron chi connectivity index (χ3n) is 2.44. The summed E-state index contributed by atoms with van der Waals surface area (Å²) in [5.74, 6) is -0.230. The van der Waals surface area contributed by atoms with Gasteiger partial charge in [-0.2, -0.15) is 5.10 Å². The van der Waals surface area contributed by atoms with E-state index in [4.69, 9.17) is 0 Å². The van der Waals surface area contributed by atoms with Crippen molar-refractivity contribution in [1.29, 1.82) is 0 Å². The topological polar surface area (TPSA) is 102 Å². The van der Waals surface area contributed by atoms with Crippen LogP contribution >= 0.6 is 0 Å². The predicted molar refractivity (Wildman–Crippen MR) is 63.5 cm³/mol. The molecule has 0 unspecified atom stereocenters. The van der Waals surface area contributed by atoms with Crippen LogP contribution in [0.25, 0.3) is 0 Å². The highest BCUT2D eigenvalue weighted by Gasteiger charge is 2.15. The van der Waals surface area contributed by atoms with E-state index < -0.39 is 17.2 Å². The number of rotatable bonds is 2. The molecule has 8 heteroatoms. The third kappa shape index (κ3) is 1.95. The SMILES string of the molecule is Cn1cc(C(=O)Nc2ccn[nH]2)c(=O)n(C)c1=O. The average Bonchev–Trinajstić information content (AvgIpc) is 2.83. The van der Waals surface area contributed by atoms with Gasteiger partial charge in [0.15, 0.2) is 0 Å². The van der Waals surface area contributed by atoms with Crippen molar-refractivity contribution in [2.75, 3.05) is 5.32 Å². The Kier molecular flexibility index (Phi) is 2.84. The van der Waals surface area contributed by atoms with Crippen LogP contribution in [0.2, 0.25) is 0 Å². The highest BCUT2D eigenvalue weighted by Crippen LogP contribution is 2.00. The molecule has 0 aliphatic heterocycles. The predicted octanol–water partition coefficient (Wildman–Crippen LogP) is -0.941. The highest BCUT2D eigenvalue weighted by molar-refractivity contribution is 6.03. The maximum Gasteiger partial charge on any atom is 0.330 e. The van der Waals surface area contributed by atoms with Crippen LogP contribution in [-0.4, -0.2) is 25.2 Å². The lowest BCUT2D eigenvalue weighted by Gasteiger charge is -2.06. The molecule has 8 nitrogen and oxygen atoms in total. The molecule has 0 saturated heterocycles. The van der Waals surface area contributed by atoms with Crippen molar-refractivity contribution in [2.24, 2.45) is 14.1 Å². The van der Waals surface area contributed by atoms with E-state index in [1.165, 1.54) is 31.1 Å². The highest BCUT2D eigenvalue weighted by atomic mass is 16.2. The molecule has 18 heavy (non-hydrogen) atoms. The number of aryl methyl sites for hydroxylation is 1. The first-order chi connectivity index (χ1) is 8.50. The fraction of sp³-hybridized carbons (Fsp3) is 0.200. The van der Waals surface area contributed by atoms with Gasteiger partial charge in [-0.1, -0.05) is 0 Å². The lowest BCUT2D eigenvalue weighted by molar-refractivity contribution is 0.102. The van der Waals surface area contributed by atoms with Gasteiger partial charge in [0.1, 0.15) is 11.4 Å². The van der Waals surface area contributed by atoms with Crippen LogP contribution in [0, 0.1) is 0 Å². The number of carbonyl (C=O) groups excluding carboxylic acids is 1. The Morgan fingerprint density at radius 1 is 1.39 bits per heavy atom. The van der Waals surface area contributed by atoms with E-state index in [2.05, 4.69) is 15.5 Å². The van der Waals surface area contributed by atoms with E-state index in [9.17, 15) is 14.4 Å². The second-order valence-corrected chi connectivity index (χ2v) is 3.72. The van der Waals surface area contributed by atoms with Crippen LogP contribution in [0.5, 0.6) is 0 Å². The fourth-order valence-electron chi connectivity index (χ4n) is 1.48. The van der Waals surface area contributed by atoms with Gasteiger partial charge in [-0.15, -0.1) is 0 Å². The molecule has 2 N–H and O–H groups in total. The third-order valence-corrected chi connectivity index (χ3v) is 2.44. The largest absolute Gasteiger partial charge is 0.330 e. The molecule has 0 bridgehead atoms. The number of aromatic amines is 1. The number of aromatic nitrogens is 4. The molecule has 0 aliphatic rings. The molecular formula is C10H11N5O3. The molecule has 1 amide bonds. The zero-order valence-corrected chi connectivity index (χ0v) is 9.80. The van der Waals surface area contributed by atoms with Crippen LogP contribution in [0.4, 0.5) is 5.82 Å². The summed E-state index contributed by atoms with van der Waals surface area (Å²) in [6, 6.07) is 1.55. The van der Waals surface area contributed by atoms with E-state index in [0.29, 0.717) is 5.82 Å². The average molecular weight is 249 g/mol. The lowest BCUT2D eigenvalue weighted by atomic mass is 10.3. The summed E-state index contributed by atoms with van der Waals surface area (Å²) in [6.07, 6.45) is 2.67. The molecule has 2 rings (SSSR count). The number of nitrogens with zero attached hydrogens (tertiary/aromatic N) is 3. The van der Waals surface area contributed by atoms with Crippen molar-refractivity contribution in [2.45, 2.75) is 0 Å². The molecule has 0 radical (unpaired) electrons. The Morgan fingerprint density at radius 3 is 2.72 bits per heavy atom. The minimum Gasteiger partial charge on any atom is -0.307 e. The summed E-state index contributed by atoms with van der Waals surface area (Å²) >= 11 is 0. The Hall–Kier alpha value is -2.64. The van der Waals surface area contributed by atoms with E-state index in [0.717, 1.165) is 4.57 Å². The molecule has 0 aliphatic carbocycles. The molecule has 0 aromatic carbocycles. The van der Waals surface area contributed by atoms with E-state index in [-0.39, 0.29) is 5.56 Å². The standard InChI is InChI=1S/C10H11N5O3/c1-14-5-6(9(17)15(2)10(14)18)8(16)12-7-3-4-11-13-7/h3-5H,1-2H3,(H2,11,12,13,16). The van der Waals surface area contributed by atoms with Crippen molar-refractivity contribution in [3.63, 3.8) is 0 Å². The van der Waals surface area contributed by atoms with Gasteiger partial charge in [0.25, 0.3) is 11.5 Å². The van der Waals surface area contributed by atoms with Gasteiger partial charge in [0.2, 0.25) is 0 Å². The first-order valence-corrected chi connectivity index (χ1v) is 5.08. The van der Waals surface area contributed by atoms with Gasteiger partial charge in [0, 0.05) is 26.4 Å². The minimum atomic E-state index is -0.643. The van der Waals surface area contributed by atoms with Crippen molar-refractivity contribution >= 4 is 11.7 Å². The number of hydrogen-bond acceptors (Lipinski definition) is 4. The van der Waals surface area contributed by atoms with Crippen LogP contribution < -0.4 is 16.6 Å². The minimum absolute atomic E-state index is 0.116. The van der Waals surface area contributed by atoms with Crippen LogP contribution in [0.3, 0.4) is 0 Å². The number of anilines is 1. The summed E-state index contributed by atoms with van der Waals surface area (Å²) in [4.78, 5) is 35.1. The number of hydrogen-bond donors (Lipinski definition) is 2. The van der Waals surface area contributed by atoms with Gasteiger partial charge in [0.05, 0.1) is 6.20 Å². The molecular weight excluding hydrogens is 238 g/mol. The summed E-state index contributed by atoms with van der Waals surface area (Å²) in [7, 11) is 2.78. The molecule has 94 valence electrons. The van der Waals surface area contributed by atoms with Crippen LogP contribution in [0.15, 0.2) is 28.0 Å². The zero-order valence-electron chi connectivity index (χ0n) is 9.80. The molecule has 0 saturated carbocycles. The van der Waals surface area contributed by atoms with Gasteiger partial charge in [-0.25, -0.2) is 4.79 Å². The van der Waals surface area contributed by atoms with Gasteiger partial charge >= 0.3 is 5.69 Å². The molecule has 2 heterocycles. The van der Waals surface area contributed by atoms with E-state index >= 15 is 0 Å². The zero-order chi connectivity index (χ0) is 13.3. The van der Waals surface area contributed by atoms with E-state index in [1.807, 2.05) is 0 Å². The number of H-pyrrole nitrogens is 1. The molecule has 0 atom stereocenters. The summed E-state index contributed by atoms with van der Waals surface area (Å²) in [5.41, 5.74) is -1.25. The van der Waals surface area contributed by atoms with Gasteiger partial charge < -0.3 is 9.88 Å². The fourth-order valence-corrected chi connectivity index (χ4v) is 1.48. The molecule has 2 aromatic rings. The Bertz CT molecular complexity index is 695. The monoisotopic (exact) mass is 249 g/mol. The molecule has 2 aromatic heterocycles. The molecule has 0 fully saturated rings. The Morgan fingerprint density at radius 2 is 2.11 bits per heavy atom. The van der Waals surface area contributed by atoms with Crippen LogP contribution in [0.1, 0.15) is 10.4 Å².